The number of aromatic hydroxyl groups is 1. The molecule has 1 heterocycles. The van der Waals surface area contributed by atoms with Crippen LogP contribution < -0.4 is 0 Å². The van der Waals surface area contributed by atoms with Crippen molar-refractivity contribution in [3.63, 3.8) is 0 Å². The van der Waals surface area contributed by atoms with Crippen molar-refractivity contribution < 1.29 is 18.3 Å². The van der Waals surface area contributed by atoms with Gasteiger partial charge in [0.1, 0.15) is 5.75 Å². The Kier molecular flexibility index (Phi) is 5.74. The Hall–Kier alpha value is -0.790. The molecule has 1 saturated heterocycles. The SMILES string of the molecule is CN1CCN(CCCc2cc(C(F)(F)F)cc(Br)c2O)CC1. The van der Waals surface area contributed by atoms with E-state index in [4.69, 9.17) is 0 Å². The molecule has 0 unspecified atom stereocenters. The number of rotatable bonds is 4. The van der Waals surface area contributed by atoms with Crippen molar-refractivity contribution in [3.8, 4) is 5.75 Å². The van der Waals surface area contributed by atoms with Gasteiger partial charge >= 0.3 is 6.18 Å². The summed E-state index contributed by atoms with van der Waals surface area (Å²) in [5.41, 5.74) is -0.386. The summed E-state index contributed by atoms with van der Waals surface area (Å²) in [5.74, 6) is -0.0913. The number of hydrogen-bond donors (Lipinski definition) is 1. The summed E-state index contributed by atoms with van der Waals surface area (Å²) in [6, 6.07) is 1.96. The van der Waals surface area contributed by atoms with E-state index in [0.717, 1.165) is 51.3 Å². The lowest BCUT2D eigenvalue weighted by Gasteiger charge is -2.32. The topological polar surface area (TPSA) is 26.7 Å². The Bertz CT molecular complexity index is 514. The molecule has 124 valence electrons. The van der Waals surface area contributed by atoms with E-state index in [2.05, 4.69) is 32.8 Å². The van der Waals surface area contributed by atoms with Crippen molar-refractivity contribution >= 4 is 15.9 Å². The van der Waals surface area contributed by atoms with Crippen LogP contribution in [0.3, 0.4) is 0 Å². The first kappa shape index (κ1) is 17.6. The minimum atomic E-state index is -4.40. The lowest BCUT2D eigenvalue weighted by molar-refractivity contribution is -0.137. The smallest absolute Gasteiger partial charge is 0.416 e. The van der Waals surface area contributed by atoms with Crippen molar-refractivity contribution in [1.82, 2.24) is 9.80 Å². The Labute approximate surface area is 136 Å². The number of nitrogens with zero attached hydrogens (tertiary/aromatic N) is 2. The molecule has 0 bridgehead atoms. The monoisotopic (exact) mass is 380 g/mol. The average Bonchev–Trinajstić information content (AvgIpc) is 2.44. The van der Waals surface area contributed by atoms with Gasteiger partial charge in [0, 0.05) is 26.2 Å². The van der Waals surface area contributed by atoms with Gasteiger partial charge in [0.15, 0.2) is 0 Å². The van der Waals surface area contributed by atoms with E-state index >= 15 is 0 Å². The van der Waals surface area contributed by atoms with Crippen molar-refractivity contribution in [3.05, 3.63) is 27.7 Å². The summed E-state index contributed by atoms with van der Waals surface area (Å²) in [5, 5.41) is 9.92. The Balaban J connectivity index is 1.96. The van der Waals surface area contributed by atoms with Gasteiger partial charge in [0.05, 0.1) is 10.0 Å². The van der Waals surface area contributed by atoms with Gasteiger partial charge in [0.25, 0.3) is 0 Å². The molecular formula is C15H20BrF3N2O. The highest BCUT2D eigenvalue weighted by molar-refractivity contribution is 9.10. The molecule has 0 atom stereocenters. The van der Waals surface area contributed by atoms with Gasteiger partial charge in [-0.15, -0.1) is 0 Å². The first-order valence-electron chi connectivity index (χ1n) is 7.27. The molecule has 7 heteroatoms. The van der Waals surface area contributed by atoms with Gasteiger partial charge in [-0.05, 0) is 60.1 Å². The zero-order valence-electron chi connectivity index (χ0n) is 12.5. The molecule has 1 aliphatic heterocycles. The van der Waals surface area contributed by atoms with Crippen LogP contribution in [0.5, 0.6) is 5.75 Å². The Morgan fingerprint density at radius 2 is 1.82 bits per heavy atom. The number of piperazine rings is 1. The molecule has 1 aliphatic rings. The molecular weight excluding hydrogens is 361 g/mol. The van der Waals surface area contributed by atoms with Crippen LogP contribution in [0.2, 0.25) is 0 Å². The van der Waals surface area contributed by atoms with Crippen LogP contribution in [0.1, 0.15) is 17.5 Å². The predicted octanol–water partition coefficient (Wildman–Crippen LogP) is 3.35. The maximum Gasteiger partial charge on any atom is 0.416 e. The van der Waals surface area contributed by atoms with Gasteiger partial charge in [-0.2, -0.15) is 13.2 Å². The summed E-state index contributed by atoms with van der Waals surface area (Å²) in [6.07, 6.45) is -3.24. The van der Waals surface area contributed by atoms with Crippen LogP contribution in [-0.2, 0) is 12.6 Å². The van der Waals surface area contributed by atoms with E-state index in [1.54, 1.807) is 0 Å². The minimum Gasteiger partial charge on any atom is -0.506 e. The molecule has 1 N–H and O–H groups in total. The maximum atomic E-state index is 12.8. The van der Waals surface area contributed by atoms with E-state index in [1.165, 1.54) is 0 Å². The van der Waals surface area contributed by atoms with E-state index in [9.17, 15) is 18.3 Å². The molecule has 0 aromatic heterocycles. The number of benzene rings is 1. The van der Waals surface area contributed by atoms with Crippen molar-refractivity contribution in [2.45, 2.75) is 19.0 Å². The normalized spacial score (nSPS) is 17.9. The number of phenols is 1. The number of likely N-dealkylation sites (N-methyl/N-ethyl adjacent to an activating group) is 1. The molecule has 0 spiro atoms. The Morgan fingerprint density at radius 1 is 1.18 bits per heavy atom. The van der Waals surface area contributed by atoms with Gasteiger partial charge in [-0.3, -0.25) is 0 Å². The van der Waals surface area contributed by atoms with E-state index < -0.39 is 11.7 Å². The fraction of sp³-hybridized carbons (Fsp3) is 0.600. The van der Waals surface area contributed by atoms with Crippen LogP contribution in [0.4, 0.5) is 13.2 Å². The number of hydrogen-bond acceptors (Lipinski definition) is 3. The molecule has 1 aromatic carbocycles. The van der Waals surface area contributed by atoms with Crippen LogP contribution in [0.25, 0.3) is 0 Å². The average molecular weight is 381 g/mol. The van der Waals surface area contributed by atoms with Crippen LogP contribution in [0.15, 0.2) is 16.6 Å². The highest BCUT2D eigenvalue weighted by atomic mass is 79.9. The molecule has 1 fully saturated rings. The number of halogens is 4. The van der Waals surface area contributed by atoms with Crippen LogP contribution in [0, 0.1) is 0 Å². The minimum absolute atomic E-state index is 0.0913. The van der Waals surface area contributed by atoms with Crippen LogP contribution >= 0.6 is 15.9 Å². The molecule has 0 aliphatic carbocycles. The van der Waals surface area contributed by atoms with Gasteiger partial charge in [-0.25, -0.2) is 0 Å². The molecule has 3 nitrogen and oxygen atoms in total. The zero-order valence-corrected chi connectivity index (χ0v) is 14.0. The second-order valence-electron chi connectivity index (χ2n) is 5.71. The van der Waals surface area contributed by atoms with Crippen molar-refractivity contribution in [1.29, 1.82) is 0 Å². The fourth-order valence-corrected chi connectivity index (χ4v) is 3.08. The molecule has 0 amide bonds. The first-order valence-corrected chi connectivity index (χ1v) is 8.06. The standard InChI is InChI=1S/C15H20BrF3N2O/c1-20-5-7-21(8-6-20)4-2-3-11-9-12(15(17,18)19)10-13(16)14(11)22/h9-10,22H,2-8H2,1H3. The van der Waals surface area contributed by atoms with Crippen molar-refractivity contribution in [2.75, 3.05) is 39.8 Å². The molecule has 0 radical (unpaired) electrons. The fourth-order valence-electron chi connectivity index (χ4n) is 2.57. The van der Waals surface area contributed by atoms with E-state index in [-0.39, 0.29) is 10.2 Å². The number of aryl methyl sites for hydroxylation is 1. The van der Waals surface area contributed by atoms with E-state index in [1.807, 2.05) is 0 Å². The highest BCUT2D eigenvalue weighted by Crippen LogP contribution is 2.37. The largest absolute Gasteiger partial charge is 0.506 e. The molecule has 1 aromatic rings. The lowest BCUT2D eigenvalue weighted by Crippen LogP contribution is -2.44. The molecule has 22 heavy (non-hydrogen) atoms. The van der Waals surface area contributed by atoms with Gasteiger partial charge < -0.3 is 14.9 Å². The van der Waals surface area contributed by atoms with Crippen LogP contribution in [-0.4, -0.2) is 54.7 Å². The zero-order chi connectivity index (χ0) is 16.3. The lowest BCUT2D eigenvalue weighted by atomic mass is 10.0. The third-order valence-corrected chi connectivity index (χ3v) is 4.59. The van der Waals surface area contributed by atoms with Gasteiger partial charge in [0.2, 0.25) is 0 Å². The number of phenolic OH excluding ortho intramolecular Hbond substituents is 1. The second kappa shape index (κ2) is 7.19. The quantitative estimate of drug-likeness (QED) is 0.867. The molecule has 2 rings (SSSR count). The Morgan fingerprint density at radius 3 is 2.41 bits per heavy atom. The summed E-state index contributed by atoms with van der Waals surface area (Å²) in [4.78, 5) is 4.56. The summed E-state index contributed by atoms with van der Waals surface area (Å²) in [7, 11) is 2.08. The van der Waals surface area contributed by atoms with E-state index in [0.29, 0.717) is 12.0 Å². The van der Waals surface area contributed by atoms with Gasteiger partial charge in [-0.1, -0.05) is 0 Å². The third-order valence-electron chi connectivity index (χ3n) is 3.99. The van der Waals surface area contributed by atoms with Crippen molar-refractivity contribution in [2.24, 2.45) is 0 Å². The maximum absolute atomic E-state index is 12.8. The first-order chi connectivity index (χ1) is 10.3. The number of alkyl halides is 3. The molecule has 0 saturated carbocycles. The second-order valence-corrected chi connectivity index (χ2v) is 6.57. The summed E-state index contributed by atoms with van der Waals surface area (Å²) >= 11 is 3.00. The summed E-state index contributed by atoms with van der Waals surface area (Å²) < 4.78 is 38.5. The summed E-state index contributed by atoms with van der Waals surface area (Å²) in [6.45, 7) is 4.82. The highest BCUT2D eigenvalue weighted by Gasteiger charge is 2.32. The third kappa shape index (κ3) is 4.60. The predicted molar refractivity (Wildman–Crippen MR) is 83.1 cm³/mol.